The number of piperidine rings is 1. The van der Waals surface area contributed by atoms with Gasteiger partial charge in [-0.05, 0) is 37.1 Å². The quantitative estimate of drug-likeness (QED) is 0.792. The molecular formula is C16H20N2O3. The van der Waals surface area contributed by atoms with E-state index < -0.39 is 0 Å². The highest BCUT2D eigenvalue weighted by atomic mass is 16.5. The lowest BCUT2D eigenvalue weighted by Gasteiger charge is -2.31. The van der Waals surface area contributed by atoms with Crippen molar-refractivity contribution in [1.82, 2.24) is 4.90 Å². The molecule has 0 bridgehead atoms. The molecule has 1 aliphatic rings. The van der Waals surface area contributed by atoms with E-state index in [0.29, 0.717) is 11.3 Å². The van der Waals surface area contributed by atoms with Gasteiger partial charge in [-0.2, -0.15) is 5.26 Å². The molecule has 1 heterocycles. The van der Waals surface area contributed by atoms with Gasteiger partial charge in [0.05, 0.1) is 25.7 Å². The minimum Gasteiger partial charge on any atom is -0.495 e. The number of esters is 1. The van der Waals surface area contributed by atoms with Crippen molar-refractivity contribution in [3.63, 3.8) is 0 Å². The van der Waals surface area contributed by atoms with Crippen LogP contribution in [-0.4, -0.2) is 38.2 Å². The summed E-state index contributed by atoms with van der Waals surface area (Å²) in [5.41, 5.74) is 1.61. The SMILES string of the molecule is COC(=O)[C@H]1CCCN(Cc2ccc(C#N)c(OC)c2)C1. The molecule has 1 saturated heterocycles. The van der Waals surface area contributed by atoms with Crippen LogP contribution in [0, 0.1) is 17.2 Å². The lowest BCUT2D eigenvalue weighted by molar-refractivity contribution is -0.147. The second-order valence-corrected chi connectivity index (χ2v) is 5.24. The highest BCUT2D eigenvalue weighted by Gasteiger charge is 2.26. The Morgan fingerprint density at radius 1 is 1.48 bits per heavy atom. The second kappa shape index (κ2) is 7.09. The van der Waals surface area contributed by atoms with Gasteiger partial charge < -0.3 is 9.47 Å². The van der Waals surface area contributed by atoms with E-state index >= 15 is 0 Å². The van der Waals surface area contributed by atoms with Crippen LogP contribution in [0.4, 0.5) is 0 Å². The number of carbonyl (C=O) groups is 1. The monoisotopic (exact) mass is 288 g/mol. The van der Waals surface area contributed by atoms with Gasteiger partial charge in [0.1, 0.15) is 11.8 Å². The van der Waals surface area contributed by atoms with Gasteiger partial charge in [-0.3, -0.25) is 9.69 Å². The summed E-state index contributed by atoms with van der Waals surface area (Å²) in [6.07, 6.45) is 1.88. The Bertz CT molecular complexity index is 551. The Hall–Kier alpha value is -2.06. The third-order valence-corrected chi connectivity index (χ3v) is 3.83. The number of rotatable bonds is 4. The zero-order chi connectivity index (χ0) is 15.2. The predicted molar refractivity (Wildman–Crippen MR) is 77.7 cm³/mol. The number of methoxy groups -OCH3 is 2. The number of hydrogen-bond donors (Lipinski definition) is 0. The van der Waals surface area contributed by atoms with Crippen molar-refractivity contribution in [3.8, 4) is 11.8 Å². The summed E-state index contributed by atoms with van der Waals surface area (Å²) in [6, 6.07) is 7.70. The molecule has 5 heteroatoms. The Morgan fingerprint density at radius 2 is 2.29 bits per heavy atom. The van der Waals surface area contributed by atoms with Crippen molar-refractivity contribution in [2.45, 2.75) is 19.4 Å². The van der Waals surface area contributed by atoms with Crippen LogP contribution in [0.5, 0.6) is 5.75 Å². The van der Waals surface area contributed by atoms with Gasteiger partial charge >= 0.3 is 5.97 Å². The number of nitriles is 1. The second-order valence-electron chi connectivity index (χ2n) is 5.24. The summed E-state index contributed by atoms with van der Waals surface area (Å²) < 4.78 is 10.1. The molecule has 0 spiro atoms. The number of benzene rings is 1. The average Bonchev–Trinajstić information content (AvgIpc) is 2.54. The molecule has 0 amide bonds. The van der Waals surface area contributed by atoms with Crippen LogP contribution in [0.25, 0.3) is 0 Å². The first-order valence-electron chi connectivity index (χ1n) is 7.05. The first-order chi connectivity index (χ1) is 10.2. The zero-order valence-electron chi connectivity index (χ0n) is 12.5. The fraction of sp³-hybridized carbons (Fsp3) is 0.500. The molecule has 5 nitrogen and oxygen atoms in total. The van der Waals surface area contributed by atoms with E-state index in [0.717, 1.165) is 38.0 Å². The number of carbonyl (C=O) groups excluding carboxylic acids is 1. The van der Waals surface area contributed by atoms with Gasteiger partial charge in [0.15, 0.2) is 0 Å². The van der Waals surface area contributed by atoms with Crippen LogP contribution < -0.4 is 4.74 Å². The van der Waals surface area contributed by atoms with Crippen LogP contribution in [0.3, 0.4) is 0 Å². The van der Waals surface area contributed by atoms with E-state index in [2.05, 4.69) is 11.0 Å². The molecular weight excluding hydrogens is 268 g/mol. The Morgan fingerprint density at radius 3 is 2.95 bits per heavy atom. The van der Waals surface area contributed by atoms with E-state index in [-0.39, 0.29) is 11.9 Å². The smallest absolute Gasteiger partial charge is 0.309 e. The summed E-state index contributed by atoms with van der Waals surface area (Å²) in [4.78, 5) is 13.9. The van der Waals surface area contributed by atoms with E-state index in [9.17, 15) is 4.79 Å². The molecule has 21 heavy (non-hydrogen) atoms. The molecule has 2 rings (SSSR count). The lowest BCUT2D eigenvalue weighted by Crippen LogP contribution is -2.38. The van der Waals surface area contributed by atoms with E-state index in [4.69, 9.17) is 14.7 Å². The van der Waals surface area contributed by atoms with Crippen LogP contribution in [0.2, 0.25) is 0 Å². The highest BCUT2D eigenvalue weighted by Crippen LogP contribution is 2.23. The van der Waals surface area contributed by atoms with Gasteiger partial charge in [-0.25, -0.2) is 0 Å². The minimum atomic E-state index is -0.128. The minimum absolute atomic E-state index is 0.0379. The number of likely N-dealkylation sites (tertiary alicyclic amines) is 1. The van der Waals surface area contributed by atoms with Crippen molar-refractivity contribution in [2.75, 3.05) is 27.3 Å². The summed E-state index contributed by atoms with van der Waals surface area (Å²) in [5, 5.41) is 8.99. The van der Waals surface area contributed by atoms with Gasteiger partial charge in [0.25, 0.3) is 0 Å². The van der Waals surface area contributed by atoms with Crippen molar-refractivity contribution >= 4 is 5.97 Å². The zero-order valence-corrected chi connectivity index (χ0v) is 12.5. The molecule has 0 aromatic heterocycles. The molecule has 1 aromatic rings. The molecule has 1 atom stereocenters. The fourth-order valence-corrected chi connectivity index (χ4v) is 2.74. The molecule has 0 N–H and O–H groups in total. The van der Waals surface area contributed by atoms with Crippen molar-refractivity contribution in [1.29, 1.82) is 5.26 Å². The van der Waals surface area contributed by atoms with Gasteiger partial charge in [0, 0.05) is 13.1 Å². The van der Waals surface area contributed by atoms with Crippen molar-refractivity contribution < 1.29 is 14.3 Å². The summed E-state index contributed by atoms with van der Waals surface area (Å²) in [6.45, 7) is 2.43. The maximum absolute atomic E-state index is 11.6. The molecule has 0 unspecified atom stereocenters. The first kappa shape index (κ1) is 15.3. The van der Waals surface area contributed by atoms with Crippen LogP contribution >= 0.6 is 0 Å². The standard InChI is InChI=1S/C16H20N2O3/c1-20-15-8-12(5-6-13(15)9-17)10-18-7-3-4-14(11-18)16(19)21-2/h5-6,8,14H,3-4,7,10-11H2,1-2H3/t14-/m0/s1. The topological polar surface area (TPSA) is 62.6 Å². The Kier molecular flexibility index (Phi) is 5.18. The van der Waals surface area contributed by atoms with Crippen molar-refractivity contribution in [3.05, 3.63) is 29.3 Å². The Balaban J connectivity index is 2.04. The van der Waals surface area contributed by atoms with Gasteiger partial charge in [-0.1, -0.05) is 6.07 Å². The number of nitrogens with zero attached hydrogens (tertiary/aromatic N) is 2. The summed E-state index contributed by atoms with van der Waals surface area (Å²) in [7, 11) is 3.00. The third-order valence-electron chi connectivity index (χ3n) is 3.83. The van der Waals surface area contributed by atoms with Gasteiger partial charge in [0.2, 0.25) is 0 Å². The molecule has 1 fully saturated rings. The van der Waals surface area contributed by atoms with E-state index in [1.165, 1.54) is 7.11 Å². The van der Waals surface area contributed by atoms with Crippen LogP contribution in [0.15, 0.2) is 18.2 Å². The largest absolute Gasteiger partial charge is 0.495 e. The first-order valence-corrected chi connectivity index (χ1v) is 7.05. The average molecular weight is 288 g/mol. The van der Waals surface area contributed by atoms with E-state index in [1.54, 1.807) is 13.2 Å². The number of ether oxygens (including phenoxy) is 2. The molecule has 1 aliphatic heterocycles. The predicted octanol–water partition coefficient (Wildman–Crippen LogP) is 1.95. The highest BCUT2D eigenvalue weighted by molar-refractivity contribution is 5.72. The number of hydrogen-bond acceptors (Lipinski definition) is 5. The molecule has 112 valence electrons. The summed E-state index contributed by atoms with van der Waals surface area (Å²) in [5.74, 6) is 0.428. The molecule has 0 aliphatic carbocycles. The van der Waals surface area contributed by atoms with Crippen molar-refractivity contribution in [2.24, 2.45) is 5.92 Å². The van der Waals surface area contributed by atoms with Crippen LogP contribution in [0.1, 0.15) is 24.0 Å². The third kappa shape index (κ3) is 3.73. The Labute approximate surface area is 125 Å². The van der Waals surface area contributed by atoms with Crippen LogP contribution in [-0.2, 0) is 16.1 Å². The fourth-order valence-electron chi connectivity index (χ4n) is 2.74. The van der Waals surface area contributed by atoms with Gasteiger partial charge in [-0.15, -0.1) is 0 Å². The summed E-state index contributed by atoms with van der Waals surface area (Å²) >= 11 is 0. The maximum atomic E-state index is 11.6. The molecule has 0 saturated carbocycles. The normalized spacial score (nSPS) is 18.8. The molecule has 0 radical (unpaired) electrons. The molecule has 1 aromatic carbocycles. The van der Waals surface area contributed by atoms with E-state index in [1.807, 2.05) is 12.1 Å². The maximum Gasteiger partial charge on any atom is 0.309 e. The lowest BCUT2D eigenvalue weighted by atomic mass is 9.97.